The standard InChI is InChI=1S/C14H22N4O4/c15-18-17-4-5-19-6-7-20-8-9-21-10-11-22-13-14-2-1-3-16-12-14/h1-3,12H,4-11,13H2. The van der Waals surface area contributed by atoms with Gasteiger partial charge in [0.15, 0.2) is 0 Å². The van der Waals surface area contributed by atoms with Gasteiger partial charge in [0, 0.05) is 23.9 Å². The number of aromatic nitrogens is 1. The molecule has 0 N–H and O–H groups in total. The third-order valence-electron chi connectivity index (χ3n) is 2.51. The van der Waals surface area contributed by atoms with Crippen molar-refractivity contribution in [2.75, 3.05) is 52.8 Å². The van der Waals surface area contributed by atoms with Gasteiger partial charge in [-0.2, -0.15) is 0 Å². The van der Waals surface area contributed by atoms with Crippen LogP contribution in [0.2, 0.25) is 0 Å². The average molecular weight is 310 g/mol. The first-order chi connectivity index (χ1) is 10.9. The largest absolute Gasteiger partial charge is 0.379 e. The molecule has 0 unspecified atom stereocenters. The van der Waals surface area contributed by atoms with Gasteiger partial charge in [-0.25, -0.2) is 0 Å². The molecule has 0 aliphatic rings. The predicted molar refractivity (Wildman–Crippen MR) is 80.4 cm³/mol. The Labute approximate surface area is 130 Å². The molecule has 0 aromatic carbocycles. The van der Waals surface area contributed by atoms with Crippen molar-refractivity contribution < 1.29 is 18.9 Å². The van der Waals surface area contributed by atoms with Crippen LogP contribution in [0, 0.1) is 0 Å². The van der Waals surface area contributed by atoms with E-state index in [1.165, 1.54) is 0 Å². The molecule has 0 atom stereocenters. The van der Waals surface area contributed by atoms with E-state index in [0.717, 1.165) is 5.56 Å². The lowest BCUT2D eigenvalue weighted by Gasteiger charge is -2.07. The number of ether oxygens (including phenoxy) is 4. The quantitative estimate of drug-likeness (QED) is 0.226. The number of nitrogens with zero attached hydrogens (tertiary/aromatic N) is 4. The van der Waals surface area contributed by atoms with Crippen LogP contribution in [-0.2, 0) is 25.6 Å². The van der Waals surface area contributed by atoms with E-state index in [1.807, 2.05) is 12.1 Å². The number of azide groups is 1. The fraction of sp³-hybridized carbons (Fsp3) is 0.643. The maximum absolute atomic E-state index is 8.05. The normalized spacial score (nSPS) is 10.4. The molecule has 0 saturated heterocycles. The van der Waals surface area contributed by atoms with Gasteiger partial charge in [0.25, 0.3) is 0 Å². The van der Waals surface area contributed by atoms with Crippen LogP contribution >= 0.6 is 0 Å². The van der Waals surface area contributed by atoms with Crippen LogP contribution in [0.4, 0.5) is 0 Å². The summed E-state index contributed by atoms with van der Waals surface area (Å²) in [4.78, 5) is 6.64. The van der Waals surface area contributed by atoms with E-state index in [0.29, 0.717) is 59.4 Å². The second-order valence-electron chi connectivity index (χ2n) is 4.21. The van der Waals surface area contributed by atoms with Crippen LogP contribution in [0.5, 0.6) is 0 Å². The number of pyridine rings is 1. The Bertz CT molecular complexity index is 413. The molecule has 0 amide bonds. The molecule has 0 fully saturated rings. The summed E-state index contributed by atoms with van der Waals surface area (Å²) < 4.78 is 21.3. The third-order valence-corrected chi connectivity index (χ3v) is 2.51. The van der Waals surface area contributed by atoms with Crippen LogP contribution < -0.4 is 0 Å². The molecule has 1 aromatic rings. The first kappa shape index (κ1) is 18.3. The lowest BCUT2D eigenvalue weighted by molar-refractivity contribution is -0.00337. The van der Waals surface area contributed by atoms with Crippen molar-refractivity contribution in [2.45, 2.75) is 6.61 Å². The van der Waals surface area contributed by atoms with Crippen molar-refractivity contribution in [1.82, 2.24) is 4.98 Å². The number of hydrogen-bond acceptors (Lipinski definition) is 6. The fourth-order valence-electron chi connectivity index (χ4n) is 1.48. The van der Waals surface area contributed by atoms with Crippen LogP contribution in [0.25, 0.3) is 10.4 Å². The van der Waals surface area contributed by atoms with E-state index in [-0.39, 0.29) is 0 Å². The van der Waals surface area contributed by atoms with Gasteiger partial charge < -0.3 is 18.9 Å². The summed E-state index contributed by atoms with van der Waals surface area (Å²) in [7, 11) is 0. The Hall–Kier alpha value is -1.70. The highest BCUT2D eigenvalue weighted by Crippen LogP contribution is 1.97. The lowest BCUT2D eigenvalue weighted by atomic mass is 10.3. The molecule has 122 valence electrons. The molecular formula is C14H22N4O4. The first-order valence-electron chi connectivity index (χ1n) is 7.14. The Morgan fingerprint density at radius 1 is 0.955 bits per heavy atom. The predicted octanol–water partition coefficient (Wildman–Crippen LogP) is 1.96. The summed E-state index contributed by atoms with van der Waals surface area (Å²) in [6, 6.07) is 3.85. The monoisotopic (exact) mass is 310 g/mol. The zero-order valence-corrected chi connectivity index (χ0v) is 12.6. The zero-order chi connectivity index (χ0) is 15.7. The minimum absolute atomic E-state index is 0.346. The highest BCUT2D eigenvalue weighted by Gasteiger charge is 1.94. The smallest absolute Gasteiger partial charge is 0.0732 e. The molecule has 1 aromatic heterocycles. The molecule has 8 nitrogen and oxygen atoms in total. The topological polar surface area (TPSA) is 98.6 Å². The van der Waals surface area contributed by atoms with Gasteiger partial charge in [-0.3, -0.25) is 4.98 Å². The van der Waals surface area contributed by atoms with E-state index < -0.39 is 0 Å². The molecule has 22 heavy (non-hydrogen) atoms. The first-order valence-corrected chi connectivity index (χ1v) is 7.14. The number of hydrogen-bond donors (Lipinski definition) is 0. The van der Waals surface area contributed by atoms with Crippen molar-refractivity contribution in [2.24, 2.45) is 5.11 Å². The van der Waals surface area contributed by atoms with Gasteiger partial charge in [0.05, 0.1) is 52.9 Å². The summed E-state index contributed by atoms with van der Waals surface area (Å²) >= 11 is 0. The third kappa shape index (κ3) is 11.0. The Kier molecular flexibility index (Phi) is 11.9. The molecule has 0 saturated carbocycles. The molecule has 0 aliphatic heterocycles. The van der Waals surface area contributed by atoms with E-state index in [1.54, 1.807) is 12.4 Å². The average Bonchev–Trinajstić information content (AvgIpc) is 2.56. The summed E-state index contributed by atoms with van der Waals surface area (Å²) in [5.41, 5.74) is 9.10. The summed E-state index contributed by atoms with van der Waals surface area (Å²) in [5.74, 6) is 0. The van der Waals surface area contributed by atoms with Gasteiger partial charge in [-0.05, 0) is 17.2 Å². The number of rotatable bonds is 14. The fourth-order valence-corrected chi connectivity index (χ4v) is 1.48. The molecule has 8 heteroatoms. The van der Waals surface area contributed by atoms with Crippen LogP contribution in [-0.4, -0.2) is 57.8 Å². The molecule has 0 spiro atoms. The van der Waals surface area contributed by atoms with Crippen molar-refractivity contribution in [3.8, 4) is 0 Å². The van der Waals surface area contributed by atoms with Crippen LogP contribution in [0.15, 0.2) is 29.6 Å². The Balaban J connectivity index is 1.76. The van der Waals surface area contributed by atoms with Gasteiger partial charge in [-0.15, -0.1) is 0 Å². The zero-order valence-electron chi connectivity index (χ0n) is 12.6. The van der Waals surface area contributed by atoms with Gasteiger partial charge in [0.2, 0.25) is 0 Å². The van der Waals surface area contributed by atoms with E-state index in [4.69, 9.17) is 24.5 Å². The highest BCUT2D eigenvalue weighted by atomic mass is 16.6. The molecule has 0 radical (unpaired) electrons. The maximum atomic E-state index is 8.05. The molecule has 0 aliphatic carbocycles. The van der Waals surface area contributed by atoms with E-state index in [2.05, 4.69) is 15.0 Å². The maximum Gasteiger partial charge on any atom is 0.0732 e. The minimum Gasteiger partial charge on any atom is -0.379 e. The molecule has 1 heterocycles. The van der Waals surface area contributed by atoms with Crippen molar-refractivity contribution >= 4 is 0 Å². The summed E-state index contributed by atoms with van der Waals surface area (Å²) in [5, 5.41) is 3.35. The van der Waals surface area contributed by atoms with E-state index in [9.17, 15) is 0 Å². The SMILES string of the molecule is [N-]=[N+]=NCCOCCOCCOCCOCc1cccnc1. The van der Waals surface area contributed by atoms with Crippen LogP contribution in [0.1, 0.15) is 5.56 Å². The van der Waals surface area contributed by atoms with E-state index >= 15 is 0 Å². The molecule has 1 rings (SSSR count). The molecular weight excluding hydrogens is 288 g/mol. The van der Waals surface area contributed by atoms with Gasteiger partial charge in [0.1, 0.15) is 0 Å². The lowest BCUT2D eigenvalue weighted by Crippen LogP contribution is -2.12. The molecule has 0 bridgehead atoms. The van der Waals surface area contributed by atoms with Crippen LogP contribution in [0.3, 0.4) is 0 Å². The summed E-state index contributed by atoms with van der Waals surface area (Å²) in [6.45, 7) is 4.39. The highest BCUT2D eigenvalue weighted by molar-refractivity contribution is 5.06. The van der Waals surface area contributed by atoms with Gasteiger partial charge >= 0.3 is 0 Å². The Morgan fingerprint density at radius 2 is 1.59 bits per heavy atom. The minimum atomic E-state index is 0.346. The summed E-state index contributed by atoms with van der Waals surface area (Å²) in [6.07, 6.45) is 3.52. The second-order valence-corrected chi connectivity index (χ2v) is 4.21. The van der Waals surface area contributed by atoms with Crippen molar-refractivity contribution in [3.63, 3.8) is 0 Å². The second kappa shape index (κ2) is 14.2. The van der Waals surface area contributed by atoms with Gasteiger partial charge in [-0.1, -0.05) is 11.2 Å². The Morgan fingerprint density at radius 3 is 2.18 bits per heavy atom. The van der Waals surface area contributed by atoms with Crippen molar-refractivity contribution in [3.05, 3.63) is 40.5 Å². The van der Waals surface area contributed by atoms with Crippen molar-refractivity contribution in [1.29, 1.82) is 0 Å².